The van der Waals surface area contributed by atoms with Crippen molar-refractivity contribution in [2.24, 2.45) is 0 Å². The van der Waals surface area contributed by atoms with E-state index in [0.717, 1.165) is 11.3 Å². The highest BCUT2D eigenvalue weighted by molar-refractivity contribution is 7.98. The van der Waals surface area contributed by atoms with Crippen molar-refractivity contribution >= 4 is 22.8 Å². The summed E-state index contributed by atoms with van der Waals surface area (Å²) in [7, 11) is 3.14. The summed E-state index contributed by atoms with van der Waals surface area (Å²) in [6, 6.07) is 3.05. The van der Waals surface area contributed by atoms with Gasteiger partial charge in [0.25, 0.3) is 0 Å². The number of alkyl halides is 2. The van der Waals surface area contributed by atoms with E-state index in [0.29, 0.717) is 33.4 Å². The number of thioether (sulfide) groups is 1. The monoisotopic (exact) mass is 409 g/mol. The van der Waals surface area contributed by atoms with Gasteiger partial charge in [-0.05, 0) is 6.92 Å². The molecule has 0 atom stereocenters. The second kappa shape index (κ2) is 7.01. The number of nitrogens with zero attached hydrogens (tertiary/aromatic N) is 2. The highest BCUT2D eigenvalue weighted by Crippen LogP contribution is 2.40. The van der Waals surface area contributed by atoms with Crippen molar-refractivity contribution in [1.29, 1.82) is 0 Å². The van der Waals surface area contributed by atoms with Crippen LogP contribution in [0.2, 0.25) is 0 Å². The van der Waals surface area contributed by atoms with Crippen molar-refractivity contribution in [3.63, 3.8) is 0 Å². The number of hydrogen-bond acceptors (Lipinski definition) is 7. The van der Waals surface area contributed by atoms with Crippen LogP contribution in [0.1, 0.15) is 11.3 Å². The van der Waals surface area contributed by atoms with Gasteiger partial charge in [-0.15, -0.1) is 0 Å². The van der Waals surface area contributed by atoms with Crippen LogP contribution in [0.15, 0.2) is 23.5 Å². The minimum atomic E-state index is -3.34. The number of aromatic amines is 1. The predicted octanol–water partition coefficient (Wildman–Crippen LogP) is 3.94. The van der Waals surface area contributed by atoms with Gasteiger partial charge in [-0.1, -0.05) is 11.8 Å². The lowest BCUT2D eigenvalue weighted by atomic mass is 10.2. The molecule has 0 fully saturated rings. The Balaban J connectivity index is 1.56. The zero-order valence-corrected chi connectivity index (χ0v) is 16.2. The number of hydrogen-bond donors (Lipinski definition) is 1. The van der Waals surface area contributed by atoms with Gasteiger partial charge in [0, 0.05) is 23.4 Å². The van der Waals surface area contributed by atoms with Gasteiger partial charge in [0.15, 0.2) is 34.8 Å². The normalized spacial score (nSPS) is 14.9. The van der Waals surface area contributed by atoms with Crippen molar-refractivity contribution in [2.75, 3.05) is 20.8 Å². The Kier molecular flexibility index (Phi) is 4.66. The van der Waals surface area contributed by atoms with Crippen molar-refractivity contribution in [3.8, 4) is 23.0 Å². The highest BCUT2D eigenvalue weighted by Gasteiger charge is 2.38. The number of nitrogens with one attached hydrogen (secondary N) is 1. The van der Waals surface area contributed by atoms with E-state index >= 15 is 0 Å². The molecular formula is C18H17F2N3O4S. The van der Waals surface area contributed by atoms with E-state index in [2.05, 4.69) is 19.7 Å². The predicted molar refractivity (Wildman–Crippen MR) is 98.8 cm³/mol. The van der Waals surface area contributed by atoms with E-state index in [9.17, 15) is 8.78 Å². The molecule has 0 amide bonds. The Morgan fingerprint density at radius 3 is 2.82 bits per heavy atom. The third-order valence-corrected chi connectivity index (χ3v) is 5.17. The van der Waals surface area contributed by atoms with Crippen molar-refractivity contribution < 1.29 is 27.7 Å². The molecule has 1 aliphatic rings. The molecule has 1 N–H and O–H groups in total. The molecule has 0 bridgehead atoms. The molecule has 7 nitrogen and oxygen atoms in total. The first-order valence-electron chi connectivity index (χ1n) is 8.33. The first-order valence-corrected chi connectivity index (χ1v) is 9.31. The second-order valence-electron chi connectivity index (χ2n) is 6.11. The number of benzene rings is 1. The Morgan fingerprint density at radius 1 is 1.25 bits per heavy atom. The van der Waals surface area contributed by atoms with Gasteiger partial charge in [-0.3, -0.25) is 4.98 Å². The molecule has 0 saturated heterocycles. The van der Waals surface area contributed by atoms with E-state index in [-0.39, 0.29) is 11.5 Å². The minimum absolute atomic E-state index is 0.0126. The van der Waals surface area contributed by atoms with E-state index < -0.39 is 12.7 Å². The third kappa shape index (κ3) is 3.39. The van der Waals surface area contributed by atoms with Gasteiger partial charge in [0.2, 0.25) is 0 Å². The topological polar surface area (TPSA) is 78.5 Å². The number of rotatable bonds is 5. The summed E-state index contributed by atoms with van der Waals surface area (Å²) < 4.78 is 47.1. The molecule has 1 aliphatic heterocycles. The molecule has 0 radical (unpaired) electrons. The maximum atomic E-state index is 13.3. The lowest BCUT2D eigenvalue weighted by Gasteiger charge is -2.25. The van der Waals surface area contributed by atoms with E-state index in [1.165, 1.54) is 17.8 Å². The fourth-order valence-corrected chi connectivity index (χ4v) is 3.81. The molecule has 4 rings (SSSR count). The summed E-state index contributed by atoms with van der Waals surface area (Å²) in [4.78, 5) is 12.0. The van der Waals surface area contributed by atoms with Crippen molar-refractivity contribution in [1.82, 2.24) is 15.0 Å². The molecule has 148 valence electrons. The number of ether oxygens (including phenoxy) is 4. The molecular weight excluding hydrogens is 392 g/mol. The summed E-state index contributed by atoms with van der Waals surface area (Å²) in [5, 5.41) is 0.625. The molecule has 0 aliphatic carbocycles. The quantitative estimate of drug-likeness (QED) is 0.640. The molecule has 0 unspecified atom stereocenters. The van der Waals surface area contributed by atoms with Gasteiger partial charge in [0.1, 0.15) is 0 Å². The van der Waals surface area contributed by atoms with Crippen molar-refractivity contribution in [2.45, 2.75) is 23.9 Å². The summed E-state index contributed by atoms with van der Waals surface area (Å²) in [6.07, 6.45) is -1.72. The van der Waals surface area contributed by atoms with Crippen LogP contribution in [0.5, 0.6) is 23.0 Å². The Labute approximate surface area is 163 Å². The van der Waals surface area contributed by atoms with Gasteiger partial charge in [0.05, 0.1) is 37.1 Å². The number of pyridine rings is 1. The maximum absolute atomic E-state index is 13.3. The fraction of sp³-hybridized carbons (Fsp3) is 0.333. The standard InChI is InChI=1S/C18H17F2N3O4S/c1-9-12(21-6-15(24-2)16(9)25-3)7-28-17-22-10-4-13-14(5-11(10)23-17)27-18(19,20)8-26-13/h4-6H,7-8H2,1-3H3,(H,22,23). The molecule has 3 heterocycles. The zero-order valence-electron chi connectivity index (χ0n) is 15.3. The minimum Gasteiger partial charge on any atom is -0.492 e. The van der Waals surface area contributed by atoms with Crippen LogP contribution in [0, 0.1) is 6.92 Å². The van der Waals surface area contributed by atoms with Crippen LogP contribution in [0.4, 0.5) is 8.78 Å². The van der Waals surface area contributed by atoms with Crippen LogP contribution in [0.25, 0.3) is 11.0 Å². The van der Waals surface area contributed by atoms with Crippen LogP contribution in [0.3, 0.4) is 0 Å². The lowest BCUT2D eigenvalue weighted by Crippen LogP contribution is -2.35. The van der Waals surface area contributed by atoms with Gasteiger partial charge in [-0.2, -0.15) is 8.78 Å². The number of fused-ring (bicyclic) bond motifs is 2. The average molecular weight is 409 g/mol. The molecule has 1 aromatic carbocycles. The van der Waals surface area contributed by atoms with Gasteiger partial charge >= 0.3 is 6.11 Å². The molecule has 0 spiro atoms. The SMILES string of the molecule is COc1cnc(CSc2nc3cc4c(cc3[nH]2)OC(F)(F)CO4)c(C)c1OC. The summed E-state index contributed by atoms with van der Waals surface area (Å²) in [5.41, 5.74) is 2.89. The first kappa shape index (κ1) is 18.6. The van der Waals surface area contributed by atoms with Crippen LogP contribution < -0.4 is 18.9 Å². The van der Waals surface area contributed by atoms with Crippen LogP contribution in [-0.4, -0.2) is 41.9 Å². The van der Waals surface area contributed by atoms with E-state index in [1.807, 2.05) is 6.92 Å². The summed E-state index contributed by atoms with van der Waals surface area (Å²) in [5.74, 6) is 1.98. The Bertz CT molecular complexity index is 1040. The zero-order chi connectivity index (χ0) is 19.9. The number of H-pyrrole nitrogens is 1. The summed E-state index contributed by atoms with van der Waals surface area (Å²) in [6.45, 7) is 1.09. The van der Waals surface area contributed by atoms with Crippen LogP contribution >= 0.6 is 11.8 Å². The van der Waals surface area contributed by atoms with Crippen LogP contribution in [-0.2, 0) is 5.75 Å². The van der Waals surface area contributed by atoms with Gasteiger partial charge < -0.3 is 23.9 Å². The molecule has 28 heavy (non-hydrogen) atoms. The van der Waals surface area contributed by atoms with Gasteiger partial charge in [-0.25, -0.2) is 4.98 Å². The lowest BCUT2D eigenvalue weighted by molar-refractivity contribution is -0.208. The molecule has 0 saturated carbocycles. The molecule has 10 heteroatoms. The number of imidazole rings is 1. The highest BCUT2D eigenvalue weighted by atomic mass is 32.2. The third-order valence-electron chi connectivity index (χ3n) is 4.29. The number of halogens is 2. The fourth-order valence-electron chi connectivity index (χ4n) is 2.90. The average Bonchev–Trinajstić information content (AvgIpc) is 3.05. The Morgan fingerprint density at radius 2 is 2.07 bits per heavy atom. The largest absolute Gasteiger partial charge is 0.492 e. The molecule has 3 aromatic rings. The Hall–Kier alpha value is -2.75. The van der Waals surface area contributed by atoms with E-state index in [4.69, 9.17) is 14.2 Å². The smallest absolute Gasteiger partial charge is 0.433 e. The summed E-state index contributed by atoms with van der Waals surface area (Å²) >= 11 is 1.43. The molecule has 2 aromatic heterocycles. The maximum Gasteiger partial charge on any atom is 0.433 e. The second-order valence-corrected chi connectivity index (χ2v) is 7.07. The number of aromatic nitrogens is 3. The first-order chi connectivity index (χ1) is 13.4. The number of methoxy groups -OCH3 is 2. The van der Waals surface area contributed by atoms with E-state index in [1.54, 1.807) is 26.5 Å². The van der Waals surface area contributed by atoms with Crippen molar-refractivity contribution in [3.05, 3.63) is 29.6 Å².